The molecule has 1 unspecified atom stereocenters. The average Bonchev–Trinajstić information content (AvgIpc) is 3.32. The highest BCUT2D eigenvalue weighted by atomic mass is 32.2. The highest BCUT2D eigenvalue weighted by Crippen LogP contribution is 2.48. The molecule has 2 aromatic heterocycles. The van der Waals surface area contributed by atoms with Crippen molar-refractivity contribution in [3.8, 4) is 0 Å². The second-order valence-corrected chi connectivity index (χ2v) is 7.87. The van der Waals surface area contributed by atoms with Gasteiger partial charge in [0.1, 0.15) is 0 Å². The van der Waals surface area contributed by atoms with Gasteiger partial charge in [-0.05, 0) is 33.9 Å². The summed E-state index contributed by atoms with van der Waals surface area (Å²) in [7, 11) is 0. The third kappa shape index (κ3) is 2.60. The molecule has 0 bridgehead atoms. The van der Waals surface area contributed by atoms with Crippen LogP contribution < -0.4 is 0 Å². The van der Waals surface area contributed by atoms with E-state index in [2.05, 4.69) is 76.8 Å². The Labute approximate surface area is 142 Å². The zero-order chi connectivity index (χ0) is 14.8. The lowest BCUT2D eigenvalue weighted by atomic mass is 9.95. The van der Waals surface area contributed by atoms with Gasteiger partial charge in [-0.15, -0.1) is 34.4 Å². The van der Waals surface area contributed by atoms with Gasteiger partial charge in [0.25, 0.3) is 0 Å². The highest BCUT2D eigenvalue weighted by molar-refractivity contribution is 8.06. The lowest BCUT2D eigenvalue weighted by Crippen LogP contribution is -1.97. The molecule has 22 heavy (non-hydrogen) atoms. The van der Waals surface area contributed by atoms with Gasteiger partial charge in [-0.1, -0.05) is 48.5 Å². The fourth-order valence-corrected chi connectivity index (χ4v) is 5.57. The van der Waals surface area contributed by atoms with E-state index in [0.717, 1.165) is 0 Å². The van der Waals surface area contributed by atoms with Gasteiger partial charge in [-0.25, -0.2) is 0 Å². The Kier molecular flexibility index (Phi) is 4.02. The molecule has 0 saturated heterocycles. The fraction of sp³-hybridized carbons (Fsp3) is 0.0526. The predicted molar refractivity (Wildman–Crippen MR) is 101 cm³/mol. The molecular weight excluding hydrogens is 324 g/mol. The van der Waals surface area contributed by atoms with Crippen molar-refractivity contribution in [1.82, 2.24) is 0 Å². The molecule has 0 aliphatic carbocycles. The van der Waals surface area contributed by atoms with Crippen LogP contribution in [-0.2, 0) is 0 Å². The summed E-state index contributed by atoms with van der Waals surface area (Å²) in [6, 6.07) is 19.5. The SMILES string of the molecule is C1=CC(c2ccccc2)C(=C(c2cccs2)c2cccs2)S1. The summed E-state index contributed by atoms with van der Waals surface area (Å²) >= 11 is 5.50. The normalized spacial score (nSPS) is 17.1. The topological polar surface area (TPSA) is 0 Å². The molecule has 1 aliphatic heterocycles. The van der Waals surface area contributed by atoms with Crippen LogP contribution in [-0.4, -0.2) is 0 Å². The minimum atomic E-state index is 0.366. The second kappa shape index (κ2) is 6.29. The molecule has 3 aromatic rings. The number of thiophene rings is 2. The first-order valence-electron chi connectivity index (χ1n) is 7.13. The Morgan fingerprint density at radius 2 is 1.45 bits per heavy atom. The minimum Gasteiger partial charge on any atom is -0.144 e. The van der Waals surface area contributed by atoms with Gasteiger partial charge in [0.2, 0.25) is 0 Å². The summed E-state index contributed by atoms with van der Waals surface area (Å²) in [5, 5.41) is 6.55. The molecule has 0 fully saturated rings. The molecule has 0 radical (unpaired) electrons. The molecule has 0 saturated carbocycles. The largest absolute Gasteiger partial charge is 0.144 e. The van der Waals surface area contributed by atoms with Crippen molar-refractivity contribution in [1.29, 1.82) is 0 Å². The zero-order valence-corrected chi connectivity index (χ0v) is 14.3. The number of rotatable bonds is 3. The summed E-state index contributed by atoms with van der Waals surface area (Å²) in [5.74, 6) is 0.366. The van der Waals surface area contributed by atoms with Crippen molar-refractivity contribution < 1.29 is 0 Å². The molecule has 1 aromatic carbocycles. The quantitative estimate of drug-likeness (QED) is 0.517. The van der Waals surface area contributed by atoms with Crippen LogP contribution in [0.4, 0.5) is 0 Å². The molecule has 0 spiro atoms. The first-order valence-corrected chi connectivity index (χ1v) is 9.77. The maximum absolute atomic E-state index is 2.32. The fourth-order valence-electron chi connectivity index (χ4n) is 2.70. The Bertz CT molecular complexity index is 758. The lowest BCUT2D eigenvalue weighted by molar-refractivity contribution is 1.08. The Morgan fingerprint density at radius 1 is 0.773 bits per heavy atom. The summed E-state index contributed by atoms with van der Waals surface area (Å²) in [5.41, 5.74) is 2.76. The number of benzene rings is 1. The van der Waals surface area contributed by atoms with Gasteiger partial charge < -0.3 is 0 Å². The van der Waals surface area contributed by atoms with Crippen molar-refractivity contribution in [3.63, 3.8) is 0 Å². The van der Waals surface area contributed by atoms with Crippen LogP contribution in [0.15, 0.2) is 81.7 Å². The summed E-state index contributed by atoms with van der Waals surface area (Å²) in [6.07, 6.45) is 2.32. The molecule has 0 N–H and O–H groups in total. The molecule has 1 aliphatic rings. The van der Waals surface area contributed by atoms with Gasteiger partial charge in [0.15, 0.2) is 0 Å². The van der Waals surface area contributed by atoms with Crippen LogP contribution in [0.25, 0.3) is 5.57 Å². The van der Waals surface area contributed by atoms with E-state index < -0.39 is 0 Å². The van der Waals surface area contributed by atoms with Gasteiger partial charge in [-0.3, -0.25) is 0 Å². The smallest absolute Gasteiger partial charge is 0.0365 e. The van der Waals surface area contributed by atoms with Crippen molar-refractivity contribution in [3.05, 3.63) is 97.1 Å². The zero-order valence-electron chi connectivity index (χ0n) is 11.8. The molecular formula is C19H14S3. The van der Waals surface area contributed by atoms with E-state index in [1.807, 2.05) is 34.4 Å². The van der Waals surface area contributed by atoms with E-state index in [4.69, 9.17) is 0 Å². The van der Waals surface area contributed by atoms with Crippen molar-refractivity contribution >= 4 is 40.0 Å². The van der Waals surface area contributed by atoms with Gasteiger partial charge in [-0.2, -0.15) is 0 Å². The van der Waals surface area contributed by atoms with Crippen LogP contribution in [0.5, 0.6) is 0 Å². The molecule has 3 heterocycles. The summed E-state index contributed by atoms with van der Waals surface area (Å²) in [6.45, 7) is 0. The van der Waals surface area contributed by atoms with Crippen LogP contribution >= 0.6 is 34.4 Å². The minimum absolute atomic E-state index is 0.366. The lowest BCUT2D eigenvalue weighted by Gasteiger charge is -2.16. The van der Waals surface area contributed by atoms with E-state index >= 15 is 0 Å². The monoisotopic (exact) mass is 338 g/mol. The van der Waals surface area contributed by atoms with Crippen molar-refractivity contribution in [2.24, 2.45) is 0 Å². The molecule has 0 nitrogen and oxygen atoms in total. The van der Waals surface area contributed by atoms with E-state index in [9.17, 15) is 0 Å². The first kappa shape index (κ1) is 14.1. The molecule has 1 atom stereocenters. The van der Waals surface area contributed by atoms with Gasteiger partial charge in [0, 0.05) is 26.2 Å². The number of hydrogen-bond donors (Lipinski definition) is 0. The maximum atomic E-state index is 2.32. The van der Waals surface area contributed by atoms with Crippen molar-refractivity contribution in [2.75, 3.05) is 0 Å². The first-order chi connectivity index (χ1) is 10.9. The standard InChI is InChI=1S/C19H14S3/c1-2-6-14(7-3-1)15-10-13-22-19(15)18(16-8-4-11-20-16)17-9-5-12-21-17/h1-13,15H. The van der Waals surface area contributed by atoms with Crippen LogP contribution in [0.1, 0.15) is 21.2 Å². The number of hydrogen-bond acceptors (Lipinski definition) is 3. The van der Waals surface area contributed by atoms with Gasteiger partial charge >= 0.3 is 0 Å². The van der Waals surface area contributed by atoms with Crippen LogP contribution in [0, 0.1) is 0 Å². The maximum Gasteiger partial charge on any atom is 0.0365 e. The Morgan fingerprint density at radius 3 is 2.05 bits per heavy atom. The average molecular weight is 339 g/mol. The van der Waals surface area contributed by atoms with Gasteiger partial charge in [0.05, 0.1) is 0 Å². The van der Waals surface area contributed by atoms with Crippen LogP contribution in [0.3, 0.4) is 0 Å². The van der Waals surface area contributed by atoms with E-state index in [1.54, 1.807) is 0 Å². The van der Waals surface area contributed by atoms with E-state index in [0.29, 0.717) is 5.92 Å². The molecule has 108 valence electrons. The van der Waals surface area contributed by atoms with Crippen molar-refractivity contribution in [2.45, 2.75) is 5.92 Å². The van der Waals surface area contributed by atoms with E-state index in [1.165, 1.54) is 25.8 Å². The highest BCUT2D eigenvalue weighted by Gasteiger charge is 2.24. The molecule has 4 rings (SSSR count). The Balaban J connectivity index is 1.88. The predicted octanol–water partition coefficient (Wildman–Crippen LogP) is 6.61. The molecule has 0 amide bonds. The summed E-state index contributed by atoms with van der Waals surface area (Å²) < 4.78 is 0. The van der Waals surface area contributed by atoms with E-state index in [-0.39, 0.29) is 0 Å². The van der Waals surface area contributed by atoms with Crippen LogP contribution in [0.2, 0.25) is 0 Å². The second-order valence-electron chi connectivity index (χ2n) is 5.03. The molecule has 3 heteroatoms. The third-order valence-electron chi connectivity index (χ3n) is 3.69. The Hall–Kier alpha value is -1.55. The third-order valence-corrected chi connectivity index (χ3v) is 6.47. The number of allylic oxidation sites excluding steroid dienone is 2. The summed E-state index contributed by atoms with van der Waals surface area (Å²) in [4.78, 5) is 4.15. The number of thioether (sulfide) groups is 1.